The standard InChI is InChI=1S/C28H29FN8O4/c1-40-23-7-6-20(18-9-32-26(33-10-18)28(39)41-2)21(25(23)29)11-34-27(38)22(30)15-37(31)14-19-13-36-12-17(16-3-4-16)5-8-24(36)35-19/h5-10,12-13,15-16H,3-4,11,14,30-31H2,1-2H3,(H,34,38)/b22-15-. The van der Waals surface area contributed by atoms with E-state index in [9.17, 15) is 9.59 Å². The fraction of sp³-hybridized carbons (Fsp3) is 0.250. The normalized spacial score (nSPS) is 13.2. The molecular formula is C28H29FN8O4. The summed E-state index contributed by atoms with van der Waals surface area (Å²) in [5, 5.41) is 3.87. The molecule has 5 N–H and O–H groups in total. The Hall–Kier alpha value is -5.04. The van der Waals surface area contributed by atoms with E-state index < -0.39 is 17.7 Å². The number of amides is 1. The third kappa shape index (κ3) is 6.09. The quantitative estimate of drug-likeness (QED) is 0.114. The van der Waals surface area contributed by atoms with Gasteiger partial charge in [-0.1, -0.05) is 12.1 Å². The monoisotopic (exact) mass is 560 g/mol. The Morgan fingerprint density at radius 2 is 1.93 bits per heavy atom. The summed E-state index contributed by atoms with van der Waals surface area (Å²) in [6.07, 6.45) is 10.4. The molecule has 0 spiro atoms. The minimum atomic E-state index is -0.704. The maximum Gasteiger partial charge on any atom is 0.376 e. The number of aromatic nitrogens is 4. The van der Waals surface area contributed by atoms with Gasteiger partial charge in [0.1, 0.15) is 11.3 Å². The molecule has 0 aliphatic heterocycles. The summed E-state index contributed by atoms with van der Waals surface area (Å²) in [6, 6.07) is 7.11. The number of hydrogen-bond donors (Lipinski definition) is 3. The van der Waals surface area contributed by atoms with Crippen LogP contribution in [0.1, 0.15) is 46.2 Å². The van der Waals surface area contributed by atoms with Crippen molar-refractivity contribution in [3.05, 3.63) is 89.4 Å². The number of hydrazine groups is 1. The first-order valence-electron chi connectivity index (χ1n) is 12.8. The third-order valence-corrected chi connectivity index (χ3v) is 6.67. The third-order valence-electron chi connectivity index (χ3n) is 6.67. The lowest BCUT2D eigenvalue weighted by molar-refractivity contribution is -0.117. The van der Waals surface area contributed by atoms with Crippen molar-refractivity contribution in [3.63, 3.8) is 0 Å². The Kier molecular flexibility index (Phi) is 7.79. The summed E-state index contributed by atoms with van der Waals surface area (Å²) in [5.41, 5.74) is 9.52. The zero-order valence-electron chi connectivity index (χ0n) is 22.5. The fourth-order valence-corrected chi connectivity index (χ4v) is 4.40. The van der Waals surface area contributed by atoms with E-state index in [1.807, 2.05) is 16.7 Å². The molecule has 0 unspecified atom stereocenters. The van der Waals surface area contributed by atoms with E-state index in [0.29, 0.717) is 22.7 Å². The molecule has 0 bridgehead atoms. The largest absolute Gasteiger partial charge is 0.494 e. The van der Waals surface area contributed by atoms with Crippen LogP contribution in [0.2, 0.25) is 0 Å². The van der Waals surface area contributed by atoms with Gasteiger partial charge in [-0.25, -0.2) is 30.0 Å². The van der Waals surface area contributed by atoms with E-state index in [2.05, 4.69) is 37.3 Å². The van der Waals surface area contributed by atoms with Crippen LogP contribution in [-0.2, 0) is 22.6 Å². The SMILES string of the molecule is COC(=O)c1ncc(-c2ccc(OC)c(F)c2CNC(=O)/C(N)=C/N(N)Cc2cn3cc(C4CC4)ccc3n2)cn1. The highest BCUT2D eigenvalue weighted by Gasteiger charge is 2.24. The molecule has 212 valence electrons. The molecule has 1 saturated carbocycles. The van der Waals surface area contributed by atoms with Crippen molar-refractivity contribution in [2.45, 2.75) is 31.8 Å². The molecule has 41 heavy (non-hydrogen) atoms. The van der Waals surface area contributed by atoms with Gasteiger partial charge in [-0.3, -0.25) is 4.79 Å². The summed E-state index contributed by atoms with van der Waals surface area (Å²) in [5.74, 6) is 4.52. The molecule has 1 aromatic carbocycles. The molecule has 0 atom stereocenters. The number of nitrogens with two attached hydrogens (primary N) is 2. The Morgan fingerprint density at radius 3 is 2.61 bits per heavy atom. The van der Waals surface area contributed by atoms with Crippen molar-refractivity contribution in [2.75, 3.05) is 14.2 Å². The highest BCUT2D eigenvalue weighted by atomic mass is 19.1. The van der Waals surface area contributed by atoms with Gasteiger partial charge in [-0.05, 0) is 42.0 Å². The molecular weight excluding hydrogens is 531 g/mol. The van der Waals surface area contributed by atoms with Gasteiger partial charge in [-0.15, -0.1) is 0 Å². The minimum absolute atomic E-state index is 0.0153. The number of pyridine rings is 1. The number of fused-ring (bicyclic) bond motifs is 1. The van der Waals surface area contributed by atoms with Crippen LogP contribution in [-0.4, -0.2) is 50.5 Å². The number of methoxy groups -OCH3 is 2. The van der Waals surface area contributed by atoms with Crippen molar-refractivity contribution in [3.8, 4) is 16.9 Å². The average Bonchev–Trinajstić information content (AvgIpc) is 3.75. The van der Waals surface area contributed by atoms with Crippen molar-refractivity contribution < 1.29 is 23.5 Å². The van der Waals surface area contributed by atoms with E-state index in [1.54, 1.807) is 6.07 Å². The Labute approximate surface area is 234 Å². The van der Waals surface area contributed by atoms with E-state index in [4.69, 9.17) is 16.3 Å². The number of carbonyl (C=O) groups is 2. The maximum atomic E-state index is 15.3. The first-order valence-corrected chi connectivity index (χ1v) is 12.8. The second-order valence-corrected chi connectivity index (χ2v) is 9.57. The lowest BCUT2D eigenvalue weighted by Gasteiger charge is -2.16. The lowest BCUT2D eigenvalue weighted by Crippen LogP contribution is -2.32. The molecule has 13 heteroatoms. The van der Waals surface area contributed by atoms with Gasteiger partial charge in [0.15, 0.2) is 11.6 Å². The van der Waals surface area contributed by atoms with E-state index >= 15 is 4.39 Å². The smallest absolute Gasteiger partial charge is 0.376 e. The molecule has 0 radical (unpaired) electrons. The number of esters is 1. The number of ether oxygens (including phenoxy) is 2. The number of halogens is 1. The van der Waals surface area contributed by atoms with Crippen molar-refractivity contribution in [2.24, 2.45) is 11.6 Å². The van der Waals surface area contributed by atoms with E-state index in [1.165, 1.54) is 62.3 Å². The van der Waals surface area contributed by atoms with Crippen molar-refractivity contribution in [1.82, 2.24) is 29.7 Å². The van der Waals surface area contributed by atoms with Gasteiger partial charge in [0, 0.05) is 48.7 Å². The molecule has 12 nitrogen and oxygen atoms in total. The Balaban J connectivity index is 1.27. The highest BCUT2D eigenvalue weighted by Crippen LogP contribution is 2.39. The number of nitrogens with one attached hydrogen (secondary N) is 1. The van der Waals surface area contributed by atoms with Crippen LogP contribution < -0.4 is 21.6 Å². The molecule has 1 aliphatic rings. The summed E-state index contributed by atoms with van der Waals surface area (Å²) in [6.45, 7) is -0.0184. The predicted octanol–water partition coefficient (Wildman–Crippen LogP) is 2.40. The Morgan fingerprint density at radius 1 is 1.17 bits per heavy atom. The molecule has 3 heterocycles. The lowest BCUT2D eigenvalue weighted by atomic mass is 10.0. The van der Waals surface area contributed by atoms with Crippen LogP contribution in [0.4, 0.5) is 4.39 Å². The number of rotatable bonds is 10. The molecule has 5 rings (SSSR count). The molecule has 1 aliphatic carbocycles. The number of hydrogen-bond acceptors (Lipinski definition) is 10. The predicted molar refractivity (Wildman–Crippen MR) is 146 cm³/mol. The van der Waals surface area contributed by atoms with Crippen LogP contribution in [0.3, 0.4) is 0 Å². The van der Waals surface area contributed by atoms with Crippen LogP contribution in [0, 0.1) is 5.82 Å². The Bertz CT molecular complexity index is 1630. The molecule has 3 aromatic heterocycles. The second-order valence-electron chi connectivity index (χ2n) is 9.57. The first kappa shape index (κ1) is 27.5. The summed E-state index contributed by atoms with van der Waals surface area (Å²) < 4.78 is 26.9. The second kappa shape index (κ2) is 11.6. The topological polar surface area (TPSA) is 163 Å². The van der Waals surface area contributed by atoms with E-state index in [-0.39, 0.29) is 35.9 Å². The molecule has 0 saturated heterocycles. The van der Waals surface area contributed by atoms with Crippen LogP contribution >= 0.6 is 0 Å². The van der Waals surface area contributed by atoms with Crippen LogP contribution in [0.25, 0.3) is 16.8 Å². The van der Waals surface area contributed by atoms with Crippen LogP contribution in [0.5, 0.6) is 5.75 Å². The number of benzene rings is 1. The van der Waals surface area contributed by atoms with E-state index in [0.717, 1.165) is 5.65 Å². The number of nitrogens with zero attached hydrogens (tertiary/aromatic N) is 5. The molecule has 4 aromatic rings. The van der Waals surface area contributed by atoms with Crippen LogP contribution in [0.15, 0.2) is 60.9 Å². The average molecular weight is 561 g/mol. The van der Waals surface area contributed by atoms with Gasteiger partial charge >= 0.3 is 5.97 Å². The maximum absolute atomic E-state index is 15.3. The number of carbonyl (C=O) groups excluding carboxylic acids is 2. The van der Waals surface area contributed by atoms with Crippen molar-refractivity contribution in [1.29, 1.82) is 0 Å². The van der Waals surface area contributed by atoms with Gasteiger partial charge < -0.3 is 29.9 Å². The van der Waals surface area contributed by atoms with Gasteiger partial charge in [0.2, 0.25) is 5.82 Å². The zero-order chi connectivity index (χ0) is 29.1. The van der Waals surface area contributed by atoms with Crippen molar-refractivity contribution >= 4 is 17.5 Å². The number of imidazole rings is 1. The molecule has 1 amide bonds. The van der Waals surface area contributed by atoms with Gasteiger partial charge in [0.25, 0.3) is 5.91 Å². The van der Waals surface area contributed by atoms with Gasteiger partial charge in [-0.2, -0.15) is 0 Å². The van der Waals surface area contributed by atoms with Gasteiger partial charge in [0.05, 0.1) is 26.5 Å². The fourth-order valence-electron chi connectivity index (χ4n) is 4.40. The minimum Gasteiger partial charge on any atom is -0.494 e. The zero-order valence-corrected chi connectivity index (χ0v) is 22.5. The summed E-state index contributed by atoms with van der Waals surface area (Å²) >= 11 is 0. The summed E-state index contributed by atoms with van der Waals surface area (Å²) in [4.78, 5) is 37.0. The first-order chi connectivity index (χ1) is 19.8. The molecule has 1 fully saturated rings. The highest BCUT2D eigenvalue weighted by molar-refractivity contribution is 5.92. The summed E-state index contributed by atoms with van der Waals surface area (Å²) in [7, 11) is 2.55.